The number of rotatable bonds is 5. The Balaban J connectivity index is 2.71. The van der Waals surface area contributed by atoms with E-state index in [1.165, 1.54) is 12.1 Å². The lowest BCUT2D eigenvalue weighted by atomic mass is 10.0. The monoisotopic (exact) mass is 214 g/mol. The van der Waals surface area contributed by atoms with Crippen molar-refractivity contribution in [2.75, 3.05) is 0 Å². The van der Waals surface area contributed by atoms with E-state index in [4.69, 9.17) is 0 Å². The van der Waals surface area contributed by atoms with E-state index in [1.807, 2.05) is 6.92 Å². The van der Waals surface area contributed by atoms with Crippen LogP contribution in [0, 0.1) is 0 Å². The van der Waals surface area contributed by atoms with Crippen LogP contribution in [0.5, 0.6) is 0 Å². The Labute approximate surface area is 88.7 Å². The number of aliphatic hydroxyl groups is 1. The van der Waals surface area contributed by atoms with Gasteiger partial charge in [-0.3, -0.25) is 0 Å². The van der Waals surface area contributed by atoms with Crippen LogP contribution in [0.3, 0.4) is 0 Å². The van der Waals surface area contributed by atoms with Crippen molar-refractivity contribution in [3.63, 3.8) is 0 Å². The quantitative estimate of drug-likeness (QED) is 0.789. The van der Waals surface area contributed by atoms with Crippen molar-refractivity contribution >= 4 is 0 Å². The highest BCUT2D eigenvalue weighted by Crippen LogP contribution is 2.24. The zero-order valence-corrected chi connectivity index (χ0v) is 8.79. The van der Waals surface area contributed by atoms with E-state index in [2.05, 4.69) is 0 Å². The highest BCUT2D eigenvalue weighted by molar-refractivity contribution is 5.25. The molecule has 84 valence electrons. The molecule has 0 aromatic heterocycles. The Morgan fingerprint density at radius 1 is 1.27 bits per heavy atom. The Kier molecular flexibility index (Phi) is 4.69. The van der Waals surface area contributed by atoms with Gasteiger partial charge in [0.1, 0.15) is 0 Å². The van der Waals surface area contributed by atoms with E-state index < -0.39 is 12.5 Å². The zero-order chi connectivity index (χ0) is 11.3. The minimum atomic E-state index is -2.47. The van der Waals surface area contributed by atoms with Crippen LogP contribution >= 0.6 is 0 Å². The van der Waals surface area contributed by atoms with E-state index in [0.717, 1.165) is 12.8 Å². The lowest BCUT2D eigenvalue weighted by Gasteiger charge is -2.11. The molecule has 1 atom stereocenters. The highest BCUT2D eigenvalue weighted by atomic mass is 19.3. The number of unbranched alkanes of at least 4 members (excludes halogenated alkanes) is 1. The van der Waals surface area contributed by atoms with Gasteiger partial charge in [-0.25, -0.2) is 8.78 Å². The normalized spacial score (nSPS) is 13.1. The van der Waals surface area contributed by atoms with Gasteiger partial charge in [-0.1, -0.05) is 38.0 Å². The minimum absolute atomic E-state index is 0.0250. The van der Waals surface area contributed by atoms with Crippen LogP contribution in [-0.4, -0.2) is 5.11 Å². The molecule has 1 aromatic carbocycles. The third-order valence-electron chi connectivity index (χ3n) is 2.38. The largest absolute Gasteiger partial charge is 0.388 e. The molecule has 1 aromatic rings. The first-order chi connectivity index (χ1) is 7.15. The van der Waals surface area contributed by atoms with Gasteiger partial charge in [-0.05, 0) is 18.1 Å². The lowest BCUT2D eigenvalue weighted by Crippen LogP contribution is -1.98. The predicted octanol–water partition coefficient (Wildman–Crippen LogP) is 3.85. The highest BCUT2D eigenvalue weighted by Gasteiger charge is 2.11. The summed E-state index contributed by atoms with van der Waals surface area (Å²) in [4.78, 5) is 0. The molecule has 3 heteroatoms. The van der Waals surface area contributed by atoms with E-state index >= 15 is 0 Å². The predicted molar refractivity (Wildman–Crippen MR) is 55.9 cm³/mol. The minimum Gasteiger partial charge on any atom is -0.388 e. The van der Waals surface area contributed by atoms with Crippen molar-refractivity contribution in [2.24, 2.45) is 0 Å². The maximum atomic E-state index is 12.4. The smallest absolute Gasteiger partial charge is 0.263 e. The van der Waals surface area contributed by atoms with Gasteiger partial charge in [-0.2, -0.15) is 0 Å². The first-order valence-electron chi connectivity index (χ1n) is 5.21. The first-order valence-corrected chi connectivity index (χ1v) is 5.21. The molecule has 1 nitrogen and oxygen atoms in total. The van der Waals surface area contributed by atoms with Gasteiger partial charge in [-0.15, -0.1) is 0 Å². The topological polar surface area (TPSA) is 20.2 Å². The van der Waals surface area contributed by atoms with Crippen molar-refractivity contribution in [1.29, 1.82) is 0 Å². The molecule has 0 aliphatic rings. The van der Waals surface area contributed by atoms with Gasteiger partial charge < -0.3 is 5.11 Å². The summed E-state index contributed by atoms with van der Waals surface area (Å²) in [5, 5.41) is 9.71. The van der Waals surface area contributed by atoms with E-state index in [-0.39, 0.29) is 5.56 Å². The van der Waals surface area contributed by atoms with E-state index in [1.54, 1.807) is 12.1 Å². The van der Waals surface area contributed by atoms with Crippen molar-refractivity contribution in [1.82, 2.24) is 0 Å². The average Bonchev–Trinajstić information content (AvgIpc) is 2.26. The second-order valence-electron chi connectivity index (χ2n) is 3.63. The fraction of sp³-hybridized carbons (Fsp3) is 0.500. The maximum absolute atomic E-state index is 12.4. The Morgan fingerprint density at radius 3 is 2.53 bits per heavy atom. The van der Waals surface area contributed by atoms with Gasteiger partial charge >= 0.3 is 0 Å². The maximum Gasteiger partial charge on any atom is 0.263 e. The van der Waals surface area contributed by atoms with Crippen molar-refractivity contribution in [3.8, 4) is 0 Å². The molecule has 1 rings (SSSR count). The Hall–Kier alpha value is -0.960. The summed E-state index contributed by atoms with van der Waals surface area (Å²) in [5.41, 5.74) is 0.560. The summed E-state index contributed by atoms with van der Waals surface area (Å²) in [6.07, 6.45) is -0.568. The van der Waals surface area contributed by atoms with Gasteiger partial charge in [0.15, 0.2) is 0 Å². The fourth-order valence-corrected chi connectivity index (χ4v) is 1.47. The van der Waals surface area contributed by atoms with Crippen LogP contribution in [0.4, 0.5) is 8.78 Å². The second kappa shape index (κ2) is 5.81. The summed E-state index contributed by atoms with van der Waals surface area (Å²) in [7, 11) is 0. The standard InChI is InChI=1S/C12H16F2O/c1-2-3-7-11(15)9-5-4-6-10(8-9)12(13)14/h4-6,8,11-12,15H,2-3,7H2,1H3. The number of benzene rings is 1. The van der Waals surface area contributed by atoms with Crippen LogP contribution in [0.2, 0.25) is 0 Å². The molecule has 0 heterocycles. The molecule has 1 N–H and O–H groups in total. The second-order valence-corrected chi connectivity index (χ2v) is 3.63. The van der Waals surface area contributed by atoms with Crippen LogP contribution < -0.4 is 0 Å². The van der Waals surface area contributed by atoms with Crippen LogP contribution in [0.15, 0.2) is 24.3 Å². The third-order valence-corrected chi connectivity index (χ3v) is 2.38. The summed E-state index contributed by atoms with van der Waals surface area (Å²) < 4.78 is 24.8. The molecule has 1 unspecified atom stereocenters. The number of hydrogen-bond acceptors (Lipinski definition) is 1. The molecule has 0 spiro atoms. The number of halogens is 2. The molecular weight excluding hydrogens is 198 g/mol. The molecule has 0 amide bonds. The van der Waals surface area contributed by atoms with E-state index in [9.17, 15) is 13.9 Å². The van der Waals surface area contributed by atoms with Gasteiger partial charge in [0.2, 0.25) is 0 Å². The van der Waals surface area contributed by atoms with Gasteiger partial charge in [0.05, 0.1) is 6.10 Å². The Morgan fingerprint density at radius 2 is 1.93 bits per heavy atom. The number of hydrogen-bond donors (Lipinski definition) is 1. The zero-order valence-electron chi connectivity index (χ0n) is 8.79. The molecule has 0 bridgehead atoms. The fourth-order valence-electron chi connectivity index (χ4n) is 1.47. The van der Waals surface area contributed by atoms with Crippen molar-refractivity contribution < 1.29 is 13.9 Å². The van der Waals surface area contributed by atoms with Gasteiger partial charge in [0.25, 0.3) is 6.43 Å². The SMILES string of the molecule is CCCCC(O)c1cccc(C(F)F)c1. The summed E-state index contributed by atoms with van der Waals surface area (Å²) in [6, 6.07) is 6.00. The average molecular weight is 214 g/mol. The summed E-state index contributed by atoms with van der Waals surface area (Å²) >= 11 is 0. The van der Waals surface area contributed by atoms with Crippen LogP contribution in [0.25, 0.3) is 0 Å². The van der Waals surface area contributed by atoms with Crippen LogP contribution in [-0.2, 0) is 0 Å². The molecular formula is C12H16F2O. The van der Waals surface area contributed by atoms with E-state index in [0.29, 0.717) is 12.0 Å². The number of aliphatic hydroxyl groups excluding tert-OH is 1. The molecule has 15 heavy (non-hydrogen) atoms. The molecule has 0 aliphatic carbocycles. The molecule has 0 aliphatic heterocycles. The van der Waals surface area contributed by atoms with Crippen molar-refractivity contribution in [2.45, 2.75) is 38.7 Å². The molecule has 0 fully saturated rings. The molecule has 0 radical (unpaired) electrons. The molecule has 0 saturated heterocycles. The third kappa shape index (κ3) is 3.59. The lowest BCUT2D eigenvalue weighted by molar-refractivity contribution is 0.148. The van der Waals surface area contributed by atoms with Crippen molar-refractivity contribution in [3.05, 3.63) is 35.4 Å². The first kappa shape index (κ1) is 12.1. The number of alkyl halides is 2. The summed E-state index contributed by atoms with van der Waals surface area (Å²) in [5.74, 6) is 0. The van der Waals surface area contributed by atoms with Crippen LogP contribution in [0.1, 0.15) is 49.8 Å². The Bertz CT molecular complexity index is 299. The summed E-state index contributed by atoms with van der Waals surface area (Å²) in [6.45, 7) is 2.03. The van der Waals surface area contributed by atoms with Gasteiger partial charge in [0, 0.05) is 5.56 Å². The molecule has 0 saturated carbocycles.